The second kappa shape index (κ2) is 4.72. The smallest absolute Gasteiger partial charge is 0.261 e. The third-order valence-corrected chi connectivity index (χ3v) is 4.49. The average Bonchev–Trinajstić information content (AvgIpc) is 2.85. The van der Waals surface area contributed by atoms with Gasteiger partial charge in [-0.1, -0.05) is 6.07 Å². The van der Waals surface area contributed by atoms with Crippen LogP contribution in [0.25, 0.3) is 0 Å². The van der Waals surface area contributed by atoms with Crippen molar-refractivity contribution in [3.8, 4) is 5.75 Å². The largest absolute Gasteiger partial charge is 0.493 e. The van der Waals surface area contributed by atoms with Gasteiger partial charge in [0.25, 0.3) is 10.0 Å². The molecule has 6 heteroatoms. The molecule has 0 aromatic heterocycles. The van der Waals surface area contributed by atoms with E-state index in [0.717, 1.165) is 17.7 Å². The maximum absolute atomic E-state index is 12.3. The van der Waals surface area contributed by atoms with Crippen molar-refractivity contribution in [1.29, 1.82) is 0 Å². The molecule has 2 aromatic carbocycles. The van der Waals surface area contributed by atoms with Crippen LogP contribution in [-0.2, 0) is 16.4 Å². The van der Waals surface area contributed by atoms with Crippen LogP contribution in [0.4, 0.5) is 11.4 Å². The zero-order chi connectivity index (χ0) is 14.2. The summed E-state index contributed by atoms with van der Waals surface area (Å²) in [6, 6.07) is 11.5. The molecule has 0 unspecified atom stereocenters. The number of rotatable bonds is 3. The fourth-order valence-electron chi connectivity index (χ4n) is 2.15. The van der Waals surface area contributed by atoms with E-state index < -0.39 is 10.0 Å². The van der Waals surface area contributed by atoms with Gasteiger partial charge in [-0.25, -0.2) is 8.42 Å². The van der Waals surface area contributed by atoms with Crippen LogP contribution in [0, 0.1) is 0 Å². The van der Waals surface area contributed by atoms with Gasteiger partial charge in [-0.05, 0) is 42.0 Å². The van der Waals surface area contributed by atoms with Crippen molar-refractivity contribution >= 4 is 21.4 Å². The van der Waals surface area contributed by atoms with Crippen molar-refractivity contribution < 1.29 is 13.2 Å². The molecule has 0 aliphatic carbocycles. The Morgan fingerprint density at radius 1 is 1.15 bits per heavy atom. The Labute approximate surface area is 117 Å². The monoisotopic (exact) mass is 290 g/mol. The summed E-state index contributed by atoms with van der Waals surface area (Å²) in [5.41, 5.74) is 7.51. The van der Waals surface area contributed by atoms with Crippen molar-refractivity contribution in [2.45, 2.75) is 11.3 Å². The first-order valence-electron chi connectivity index (χ1n) is 6.19. The van der Waals surface area contributed by atoms with Crippen LogP contribution in [-0.4, -0.2) is 15.0 Å². The Morgan fingerprint density at radius 2 is 2.00 bits per heavy atom. The van der Waals surface area contributed by atoms with E-state index in [1.807, 2.05) is 0 Å². The standard InChI is InChI=1S/C14H14N2O3S/c15-11-2-1-3-12(9-11)16-20(17,18)13-4-5-14-10(8-13)6-7-19-14/h1-5,8-9,16H,6-7,15H2. The van der Waals surface area contributed by atoms with E-state index in [2.05, 4.69) is 4.72 Å². The first-order chi connectivity index (χ1) is 9.54. The first kappa shape index (κ1) is 12.8. The third-order valence-electron chi connectivity index (χ3n) is 3.11. The Kier molecular flexibility index (Phi) is 3.02. The van der Waals surface area contributed by atoms with Gasteiger partial charge in [-0.15, -0.1) is 0 Å². The fourth-order valence-corrected chi connectivity index (χ4v) is 3.25. The predicted molar refractivity (Wildman–Crippen MR) is 77.3 cm³/mol. The van der Waals surface area contributed by atoms with Crippen molar-refractivity contribution in [3.05, 3.63) is 48.0 Å². The molecular formula is C14H14N2O3S. The Balaban J connectivity index is 1.92. The number of nitrogens with two attached hydrogens (primary N) is 1. The number of nitrogen functional groups attached to an aromatic ring is 1. The van der Waals surface area contributed by atoms with Crippen molar-refractivity contribution in [2.75, 3.05) is 17.1 Å². The molecule has 3 rings (SSSR count). The summed E-state index contributed by atoms with van der Waals surface area (Å²) in [6.07, 6.45) is 0.733. The van der Waals surface area contributed by atoms with E-state index in [0.29, 0.717) is 18.0 Å². The van der Waals surface area contributed by atoms with Gasteiger partial charge in [0.05, 0.1) is 17.2 Å². The second-order valence-corrected chi connectivity index (χ2v) is 6.28. The SMILES string of the molecule is Nc1cccc(NS(=O)(=O)c2ccc3c(c2)CCO3)c1. The molecule has 5 nitrogen and oxygen atoms in total. The van der Waals surface area contributed by atoms with E-state index in [1.54, 1.807) is 42.5 Å². The molecule has 0 saturated carbocycles. The van der Waals surface area contributed by atoms with E-state index in [4.69, 9.17) is 10.5 Å². The molecular weight excluding hydrogens is 276 g/mol. The lowest BCUT2D eigenvalue weighted by molar-refractivity contribution is 0.356. The van der Waals surface area contributed by atoms with E-state index in [-0.39, 0.29) is 4.90 Å². The lowest BCUT2D eigenvalue weighted by Crippen LogP contribution is -2.13. The fraction of sp³-hybridized carbons (Fsp3) is 0.143. The molecule has 0 radical (unpaired) electrons. The van der Waals surface area contributed by atoms with Crippen LogP contribution < -0.4 is 15.2 Å². The zero-order valence-corrected chi connectivity index (χ0v) is 11.5. The third kappa shape index (κ3) is 2.42. The van der Waals surface area contributed by atoms with Gasteiger partial charge in [0.2, 0.25) is 0 Å². The highest BCUT2D eigenvalue weighted by Gasteiger charge is 2.19. The minimum absolute atomic E-state index is 0.226. The number of anilines is 2. The summed E-state index contributed by atoms with van der Waals surface area (Å²) in [5.74, 6) is 0.757. The van der Waals surface area contributed by atoms with Crippen molar-refractivity contribution in [1.82, 2.24) is 0 Å². The van der Waals surface area contributed by atoms with Crippen LogP contribution >= 0.6 is 0 Å². The molecule has 1 heterocycles. The van der Waals surface area contributed by atoms with Gasteiger partial charge in [0.1, 0.15) is 5.75 Å². The summed E-state index contributed by atoms with van der Waals surface area (Å²) in [4.78, 5) is 0.226. The first-order valence-corrected chi connectivity index (χ1v) is 7.67. The zero-order valence-electron chi connectivity index (χ0n) is 10.7. The number of sulfonamides is 1. The summed E-state index contributed by atoms with van der Waals surface area (Å²) < 4.78 is 32.5. The molecule has 2 aromatic rings. The Hall–Kier alpha value is -2.21. The molecule has 1 aliphatic rings. The lowest BCUT2D eigenvalue weighted by atomic mass is 10.2. The molecule has 1 aliphatic heterocycles. The summed E-state index contributed by atoms with van der Waals surface area (Å²) in [7, 11) is -3.61. The molecule has 0 spiro atoms. The minimum Gasteiger partial charge on any atom is -0.493 e. The Morgan fingerprint density at radius 3 is 2.80 bits per heavy atom. The summed E-state index contributed by atoms with van der Waals surface area (Å²) in [6.45, 7) is 0.599. The number of fused-ring (bicyclic) bond motifs is 1. The average molecular weight is 290 g/mol. The molecule has 20 heavy (non-hydrogen) atoms. The van der Waals surface area contributed by atoms with Crippen molar-refractivity contribution in [2.24, 2.45) is 0 Å². The van der Waals surface area contributed by atoms with Crippen LogP contribution in [0.2, 0.25) is 0 Å². The Bertz CT molecular complexity index is 757. The van der Waals surface area contributed by atoms with Gasteiger partial charge in [-0.3, -0.25) is 4.72 Å². The molecule has 0 amide bonds. The number of hydrogen-bond acceptors (Lipinski definition) is 4. The highest BCUT2D eigenvalue weighted by Crippen LogP contribution is 2.28. The highest BCUT2D eigenvalue weighted by molar-refractivity contribution is 7.92. The topological polar surface area (TPSA) is 81.4 Å². The molecule has 0 fully saturated rings. The highest BCUT2D eigenvalue weighted by atomic mass is 32.2. The van der Waals surface area contributed by atoms with Crippen LogP contribution in [0.1, 0.15) is 5.56 Å². The molecule has 0 saturated heterocycles. The number of hydrogen-bond donors (Lipinski definition) is 2. The van der Waals surface area contributed by atoms with E-state index in [1.165, 1.54) is 0 Å². The van der Waals surface area contributed by atoms with Gasteiger partial charge >= 0.3 is 0 Å². The predicted octanol–water partition coefficient (Wildman–Crippen LogP) is 2.00. The summed E-state index contributed by atoms with van der Waals surface area (Å²) >= 11 is 0. The maximum Gasteiger partial charge on any atom is 0.261 e. The maximum atomic E-state index is 12.3. The number of benzene rings is 2. The van der Waals surface area contributed by atoms with Gasteiger partial charge in [-0.2, -0.15) is 0 Å². The van der Waals surface area contributed by atoms with E-state index >= 15 is 0 Å². The minimum atomic E-state index is -3.61. The van der Waals surface area contributed by atoms with E-state index in [9.17, 15) is 8.42 Å². The number of nitrogens with one attached hydrogen (secondary N) is 1. The number of ether oxygens (including phenoxy) is 1. The molecule has 0 atom stereocenters. The molecule has 0 bridgehead atoms. The van der Waals surface area contributed by atoms with Gasteiger partial charge in [0, 0.05) is 12.1 Å². The van der Waals surface area contributed by atoms with Gasteiger partial charge < -0.3 is 10.5 Å². The quantitative estimate of drug-likeness (QED) is 0.847. The second-order valence-electron chi connectivity index (χ2n) is 4.60. The van der Waals surface area contributed by atoms with Gasteiger partial charge in [0.15, 0.2) is 0 Å². The van der Waals surface area contributed by atoms with Crippen LogP contribution in [0.3, 0.4) is 0 Å². The molecule has 104 valence electrons. The normalized spacial score (nSPS) is 13.6. The van der Waals surface area contributed by atoms with Crippen LogP contribution in [0.15, 0.2) is 47.4 Å². The summed E-state index contributed by atoms with van der Waals surface area (Å²) in [5, 5.41) is 0. The van der Waals surface area contributed by atoms with Crippen LogP contribution in [0.5, 0.6) is 5.75 Å². The lowest BCUT2D eigenvalue weighted by Gasteiger charge is -2.09. The molecule has 3 N–H and O–H groups in total. The van der Waals surface area contributed by atoms with Crippen molar-refractivity contribution in [3.63, 3.8) is 0 Å².